The van der Waals surface area contributed by atoms with E-state index in [0.29, 0.717) is 0 Å². The molecule has 0 saturated carbocycles. The number of nitrogens with zero attached hydrogens (tertiary/aromatic N) is 2. The van der Waals surface area contributed by atoms with E-state index >= 15 is 0 Å². The first-order valence-corrected chi connectivity index (χ1v) is 7.37. The molecule has 2 atom stereocenters. The summed E-state index contributed by atoms with van der Waals surface area (Å²) < 4.78 is 39.8. The normalized spacial score (nSPS) is 21.0. The van der Waals surface area contributed by atoms with E-state index in [1.807, 2.05) is 6.07 Å². The van der Waals surface area contributed by atoms with Crippen LogP contribution < -0.4 is 5.32 Å². The van der Waals surface area contributed by atoms with Gasteiger partial charge in [0.1, 0.15) is 6.04 Å². The van der Waals surface area contributed by atoms with Gasteiger partial charge in [0.05, 0.1) is 11.6 Å². The molecule has 5 nitrogen and oxygen atoms in total. The number of alkyl halides is 3. The van der Waals surface area contributed by atoms with Crippen LogP contribution in [0.5, 0.6) is 0 Å². The first kappa shape index (κ1) is 17.8. The second-order valence-electron chi connectivity index (χ2n) is 5.68. The summed E-state index contributed by atoms with van der Waals surface area (Å²) in [6.45, 7) is 1.05. The second-order valence-corrected chi connectivity index (χ2v) is 5.68. The van der Waals surface area contributed by atoms with E-state index in [0.717, 1.165) is 4.90 Å². The number of rotatable bonds is 2. The lowest BCUT2D eigenvalue weighted by Gasteiger charge is -2.40. The Bertz CT molecular complexity index is 682. The molecule has 8 heteroatoms. The number of benzene rings is 1. The van der Waals surface area contributed by atoms with E-state index in [4.69, 9.17) is 5.26 Å². The Morgan fingerprint density at radius 1 is 1.33 bits per heavy atom. The van der Waals surface area contributed by atoms with E-state index in [1.165, 1.54) is 31.2 Å². The summed E-state index contributed by atoms with van der Waals surface area (Å²) in [6, 6.07) is 4.98. The zero-order chi connectivity index (χ0) is 17.9. The number of carbonyl (C=O) groups is 2. The van der Waals surface area contributed by atoms with Gasteiger partial charge in [0, 0.05) is 25.1 Å². The molecular weight excluding hydrogens is 323 g/mol. The Hall–Kier alpha value is -2.56. The third-order valence-electron chi connectivity index (χ3n) is 3.87. The lowest BCUT2D eigenvalue weighted by molar-refractivity contribution is -0.184. The van der Waals surface area contributed by atoms with Crippen molar-refractivity contribution in [2.75, 3.05) is 6.54 Å². The van der Waals surface area contributed by atoms with Crippen LogP contribution in [0.1, 0.15) is 35.7 Å². The van der Waals surface area contributed by atoms with Crippen LogP contribution in [0.2, 0.25) is 0 Å². The van der Waals surface area contributed by atoms with E-state index < -0.39 is 24.2 Å². The van der Waals surface area contributed by atoms with E-state index in [2.05, 4.69) is 5.32 Å². The molecule has 24 heavy (non-hydrogen) atoms. The largest absolute Gasteiger partial charge is 0.408 e. The highest BCUT2D eigenvalue weighted by Crippen LogP contribution is 2.33. The zero-order valence-corrected chi connectivity index (χ0v) is 12.9. The van der Waals surface area contributed by atoms with Crippen molar-refractivity contribution in [3.8, 4) is 6.07 Å². The van der Waals surface area contributed by atoms with Crippen LogP contribution in [-0.4, -0.2) is 41.5 Å². The summed E-state index contributed by atoms with van der Waals surface area (Å²) in [5, 5.41) is 11.4. The average molecular weight is 339 g/mol. The van der Waals surface area contributed by atoms with Crippen LogP contribution in [0.3, 0.4) is 0 Å². The predicted octanol–water partition coefficient (Wildman–Crippen LogP) is 2.23. The molecular formula is C16H16F3N3O2. The van der Waals surface area contributed by atoms with Crippen molar-refractivity contribution in [3.63, 3.8) is 0 Å². The van der Waals surface area contributed by atoms with Crippen molar-refractivity contribution in [3.05, 3.63) is 35.4 Å². The quantitative estimate of drug-likeness (QED) is 0.898. The third-order valence-corrected chi connectivity index (χ3v) is 3.87. The van der Waals surface area contributed by atoms with Gasteiger partial charge < -0.3 is 10.2 Å². The van der Waals surface area contributed by atoms with Crippen molar-refractivity contribution >= 4 is 11.8 Å². The molecule has 1 aromatic carbocycles. The minimum Gasteiger partial charge on any atom is -0.352 e. The molecule has 128 valence electrons. The number of likely N-dealkylation sites (tertiary alicyclic amines) is 1. The fraction of sp³-hybridized carbons (Fsp3) is 0.438. The number of nitrogens with one attached hydrogen (secondary N) is 1. The number of carbonyl (C=O) groups excluding carboxylic acids is 2. The van der Waals surface area contributed by atoms with E-state index in [-0.39, 0.29) is 36.4 Å². The number of hydrogen-bond acceptors (Lipinski definition) is 3. The van der Waals surface area contributed by atoms with Gasteiger partial charge in [-0.05, 0) is 31.0 Å². The standard InChI is InChI=1S/C16H16F3N3O2/c1-10(23)21-13-5-6-14(16(17,18)19)22(9-13)15(24)12-4-2-3-11(7-12)8-20/h2-4,7,13-14H,5-6,9H2,1H3,(H,21,23)/t13-,14+/m0/s1. The van der Waals surface area contributed by atoms with Crippen molar-refractivity contribution in [2.45, 2.75) is 38.0 Å². The van der Waals surface area contributed by atoms with Crippen molar-refractivity contribution in [1.29, 1.82) is 5.26 Å². The maximum Gasteiger partial charge on any atom is 0.408 e. The van der Waals surface area contributed by atoms with Crippen LogP contribution in [-0.2, 0) is 4.79 Å². The fourth-order valence-corrected chi connectivity index (χ4v) is 2.83. The molecule has 0 bridgehead atoms. The topological polar surface area (TPSA) is 73.2 Å². The summed E-state index contributed by atoms with van der Waals surface area (Å²) in [4.78, 5) is 24.4. The number of nitriles is 1. The molecule has 1 fully saturated rings. The van der Waals surface area contributed by atoms with Crippen LogP contribution in [0.25, 0.3) is 0 Å². The second kappa shape index (κ2) is 6.91. The minimum atomic E-state index is -4.55. The molecule has 2 amide bonds. The van der Waals surface area contributed by atoms with Gasteiger partial charge in [0.2, 0.25) is 5.91 Å². The Morgan fingerprint density at radius 3 is 2.62 bits per heavy atom. The maximum atomic E-state index is 13.3. The van der Waals surface area contributed by atoms with Gasteiger partial charge in [0.25, 0.3) is 5.91 Å². The van der Waals surface area contributed by atoms with Gasteiger partial charge in [0.15, 0.2) is 0 Å². The van der Waals surface area contributed by atoms with Crippen LogP contribution in [0.4, 0.5) is 13.2 Å². The lowest BCUT2D eigenvalue weighted by atomic mass is 9.96. The molecule has 2 rings (SSSR count). The molecule has 0 unspecified atom stereocenters. The van der Waals surface area contributed by atoms with E-state index in [1.54, 1.807) is 0 Å². The Labute approximate surface area is 137 Å². The highest BCUT2D eigenvalue weighted by molar-refractivity contribution is 5.95. The Morgan fingerprint density at radius 2 is 2.04 bits per heavy atom. The predicted molar refractivity (Wildman–Crippen MR) is 78.9 cm³/mol. The molecule has 0 radical (unpaired) electrons. The fourth-order valence-electron chi connectivity index (χ4n) is 2.83. The summed E-state index contributed by atoms with van der Waals surface area (Å²) in [7, 11) is 0. The summed E-state index contributed by atoms with van der Waals surface area (Å²) in [5.74, 6) is -1.16. The number of amides is 2. The van der Waals surface area contributed by atoms with Crippen LogP contribution in [0.15, 0.2) is 24.3 Å². The highest BCUT2D eigenvalue weighted by atomic mass is 19.4. The summed E-state index contributed by atoms with van der Waals surface area (Å²) in [5.41, 5.74) is 0.214. The molecule has 0 spiro atoms. The monoisotopic (exact) mass is 339 g/mol. The van der Waals surface area contributed by atoms with Gasteiger partial charge in [-0.25, -0.2) is 0 Å². The van der Waals surface area contributed by atoms with Gasteiger partial charge in [-0.3, -0.25) is 9.59 Å². The zero-order valence-electron chi connectivity index (χ0n) is 12.9. The van der Waals surface area contributed by atoms with Crippen molar-refractivity contribution in [1.82, 2.24) is 10.2 Å². The molecule has 1 aliphatic heterocycles. The smallest absolute Gasteiger partial charge is 0.352 e. The van der Waals surface area contributed by atoms with Crippen molar-refractivity contribution in [2.24, 2.45) is 0 Å². The molecule has 1 heterocycles. The summed E-state index contributed by atoms with van der Waals surface area (Å²) in [6.07, 6.45) is -4.69. The molecule has 1 saturated heterocycles. The maximum absolute atomic E-state index is 13.3. The molecule has 1 N–H and O–H groups in total. The minimum absolute atomic E-state index is 0.0202. The third kappa shape index (κ3) is 4.04. The molecule has 0 aliphatic carbocycles. The highest BCUT2D eigenvalue weighted by Gasteiger charge is 2.48. The number of halogens is 3. The Balaban J connectivity index is 2.30. The van der Waals surface area contributed by atoms with Gasteiger partial charge >= 0.3 is 6.18 Å². The summed E-state index contributed by atoms with van der Waals surface area (Å²) >= 11 is 0. The first-order valence-electron chi connectivity index (χ1n) is 7.37. The van der Waals surface area contributed by atoms with Gasteiger partial charge in [-0.1, -0.05) is 6.07 Å². The van der Waals surface area contributed by atoms with Gasteiger partial charge in [-0.2, -0.15) is 18.4 Å². The molecule has 1 aromatic rings. The SMILES string of the molecule is CC(=O)N[C@H]1CC[C@H](C(F)(F)F)N(C(=O)c2cccc(C#N)c2)C1. The number of piperidine rings is 1. The lowest BCUT2D eigenvalue weighted by Crippen LogP contribution is -2.58. The van der Waals surface area contributed by atoms with Crippen LogP contribution in [0, 0.1) is 11.3 Å². The molecule has 0 aromatic heterocycles. The van der Waals surface area contributed by atoms with E-state index in [9.17, 15) is 22.8 Å². The number of hydrogen-bond donors (Lipinski definition) is 1. The first-order chi connectivity index (χ1) is 11.2. The Kier molecular flexibility index (Phi) is 5.12. The van der Waals surface area contributed by atoms with Crippen molar-refractivity contribution < 1.29 is 22.8 Å². The average Bonchev–Trinajstić information content (AvgIpc) is 2.52. The van der Waals surface area contributed by atoms with Crippen LogP contribution >= 0.6 is 0 Å². The van der Waals surface area contributed by atoms with Gasteiger partial charge in [-0.15, -0.1) is 0 Å². The molecule has 1 aliphatic rings.